The maximum atomic E-state index is 12.4. The van der Waals surface area contributed by atoms with E-state index in [9.17, 15) is 24.3 Å². The van der Waals surface area contributed by atoms with Crippen molar-refractivity contribution < 1.29 is 24.5 Å². The van der Waals surface area contributed by atoms with Gasteiger partial charge in [-0.15, -0.1) is 0 Å². The van der Waals surface area contributed by atoms with Gasteiger partial charge in [0, 0.05) is 6.08 Å². The van der Waals surface area contributed by atoms with Gasteiger partial charge < -0.3 is 19.7 Å². The van der Waals surface area contributed by atoms with E-state index in [2.05, 4.69) is 13.2 Å². The number of carbonyl (C=O) groups excluding carboxylic acids is 1. The summed E-state index contributed by atoms with van der Waals surface area (Å²) >= 11 is 0. The average molecular weight is 371 g/mol. The zero-order chi connectivity index (χ0) is 19.7. The molecular formula is C15H21N3O8. The van der Waals surface area contributed by atoms with Gasteiger partial charge in [0.1, 0.15) is 6.61 Å². The van der Waals surface area contributed by atoms with Gasteiger partial charge in [0.15, 0.2) is 6.29 Å². The summed E-state index contributed by atoms with van der Waals surface area (Å²) < 4.78 is 11.8. The van der Waals surface area contributed by atoms with Gasteiger partial charge >= 0.3 is 23.0 Å². The number of nitrogens with zero attached hydrogens (tertiary/aromatic N) is 3. The van der Waals surface area contributed by atoms with Gasteiger partial charge in [-0.1, -0.05) is 13.2 Å². The van der Waals surface area contributed by atoms with Crippen LogP contribution in [0.25, 0.3) is 0 Å². The van der Waals surface area contributed by atoms with Crippen molar-refractivity contribution >= 4 is 5.97 Å². The molecule has 11 nitrogen and oxygen atoms in total. The predicted octanol–water partition coefficient (Wildman–Crippen LogP) is -2.59. The molecule has 1 unspecified atom stereocenters. The van der Waals surface area contributed by atoms with E-state index in [-0.39, 0.29) is 32.8 Å². The molecule has 144 valence electrons. The third-order valence-electron chi connectivity index (χ3n) is 3.24. The lowest BCUT2D eigenvalue weighted by Crippen LogP contribution is -2.55. The zero-order valence-electron chi connectivity index (χ0n) is 14.1. The van der Waals surface area contributed by atoms with Crippen LogP contribution in [0.15, 0.2) is 39.7 Å². The molecule has 0 aliphatic heterocycles. The molecule has 0 saturated carbocycles. The monoisotopic (exact) mass is 371 g/mol. The minimum Gasteiger partial charge on any atom is -0.461 e. The van der Waals surface area contributed by atoms with Crippen LogP contribution in [-0.2, 0) is 33.9 Å². The van der Waals surface area contributed by atoms with Gasteiger partial charge in [-0.05, 0) is 6.08 Å². The molecule has 0 spiro atoms. The molecule has 1 heterocycles. The van der Waals surface area contributed by atoms with Crippen LogP contribution in [-0.4, -0.2) is 56.0 Å². The second-order valence-electron chi connectivity index (χ2n) is 4.89. The number of carbonyl (C=O) groups is 1. The number of hydrogen-bond donors (Lipinski definition) is 2. The highest BCUT2D eigenvalue weighted by Gasteiger charge is 2.15. The molecule has 1 atom stereocenters. The van der Waals surface area contributed by atoms with E-state index < -0.39 is 35.9 Å². The molecule has 0 aliphatic rings. The number of rotatable bonds is 11. The number of ether oxygens (including phenoxy) is 2. The van der Waals surface area contributed by atoms with Crippen LogP contribution in [0.1, 0.15) is 0 Å². The van der Waals surface area contributed by atoms with Crippen LogP contribution >= 0.6 is 0 Å². The Hall–Kier alpha value is -2.76. The Balaban J connectivity index is 3.19. The van der Waals surface area contributed by atoms with Gasteiger partial charge in [0.25, 0.3) is 0 Å². The van der Waals surface area contributed by atoms with Crippen molar-refractivity contribution in [2.45, 2.75) is 25.9 Å². The Bertz CT molecular complexity index is 820. The summed E-state index contributed by atoms with van der Waals surface area (Å²) in [5.41, 5.74) is -2.79. The topological polar surface area (TPSA) is 142 Å². The number of aromatic nitrogens is 3. The summed E-state index contributed by atoms with van der Waals surface area (Å²) in [4.78, 5) is 48.0. The first kappa shape index (κ1) is 21.3. The van der Waals surface area contributed by atoms with Gasteiger partial charge in [-0.25, -0.2) is 32.9 Å². The Labute approximate surface area is 147 Å². The van der Waals surface area contributed by atoms with E-state index in [0.29, 0.717) is 9.13 Å². The van der Waals surface area contributed by atoms with Crippen LogP contribution in [0.3, 0.4) is 0 Å². The smallest absolute Gasteiger partial charge is 0.336 e. The van der Waals surface area contributed by atoms with E-state index in [1.807, 2.05) is 0 Å². The van der Waals surface area contributed by atoms with Crippen molar-refractivity contribution in [1.82, 2.24) is 13.7 Å². The van der Waals surface area contributed by atoms with Crippen LogP contribution < -0.4 is 17.1 Å². The van der Waals surface area contributed by atoms with Crippen LogP contribution in [0.4, 0.5) is 0 Å². The number of aliphatic hydroxyl groups excluding tert-OH is 2. The Morgan fingerprint density at radius 1 is 1.00 bits per heavy atom. The van der Waals surface area contributed by atoms with Crippen molar-refractivity contribution in [3.8, 4) is 0 Å². The lowest BCUT2D eigenvalue weighted by Gasteiger charge is -2.14. The van der Waals surface area contributed by atoms with Crippen molar-refractivity contribution in [3.05, 3.63) is 56.8 Å². The fourth-order valence-electron chi connectivity index (χ4n) is 1.99. The van der Waals surface area contributed by atoms with E-state index in [4.69, 9.17) is 14.6 Å². The zero-order valence-corrected chi connectivity index (χ0v) is 14.1. The van der Waals surface area contributed by atoms with Crippen LogP contribution in [0.5, 0.6) is 0 Å². The number of aliphatic hydroxyl groups is 2. The predicted molar refractivity (Wildman–Crippen MR) is 89.6 cm³/mol. The highest BCUT2D eigenvalue weighted by atomic mass is 16.6. The normalized spacial score (nSPS) is 11.8. The van der Waals surface area contributed by atoms with Crippen LogP contribution in [0, 0.1) is 0 Å². The Morgan fingerprint density at radius 2 is 1.50 bits per heavy atom. The van der Waals surface area contributed by atoms with Crippen molar-refractivity contribution in [2.75, 3.05) is 19.8 Å². The maximum Gasteiger partial charge on any atom is 0.336 e. The summed E-state index contributed by atoms with van der Waals surface area (Å²) in [6, 6.07) is 0. The Kier molecular flexibility index (Phi) is 8.42. The highest BCUT2D eigenvalue weighted by molar-refractivity contribution is 5.81. The molecule has 0 aliphatic carbocycles. The first-order valence-corrected chi connectivity index (χ1v) is 7.64. The SMILES string of the molecule is C=CC(=O)OCCn1c(=O)n(CCO)c(=O)n(CCOC(O)C=C)c1=O. The molecule has 0 bridgehead atoms. The second kappa shape index (κ2) is 10.3. The standard InChI is InChI=1S/C15H21N3O8/c1-3-11(20)25-9-6-17-13(22)16(5-8-19)14(23)18(15(17)24)7-10-26-12(21)4-2/h3-4,11,19-20H,1-2,5-10H2. The lowest BCUT2D eigenvalue weighted by molar-refractivity contribution is -0.138. The molecule has 0 radical (unpaired) electrons. The molecule has 0 aromatic carbocycles. The summed E-state index contributed by atoms with van der Waals surface area (Å²) in [7, 11) is 0. The summed E-state index contributed by atoms with van der Waals surface area (Å²) in [5, 5.41) is 18.3. The largest absolute Gasteiger partial charge is 0.461 e. The van der Waals surface area contributed by atoms with E-state index in [0.717, 1.165) is 16.7 Å². The summed E-state index contributed by atoms with van der Waals surface area (Å²) in [5.74, 6) is -0.728. The fourth-order valence-corrected chi connectivity index (χ4v) is 1.99. The average Bonchev–Trinajstić information content (AvgIpc) is 2.63. The molecule has 0 fully saturated rings. The summed E-state index contributed by atoms with van der Waals surface area (Å²) in [6.07, 6.45) is 0.770. The molecule has 0 amide bonds. The molecule has 2 N–H and O–H groups in total. The van der Waals surface area contributed by atoms with Gasteiger partial charge in [0.05, 0.1) is 32.8 Å². The van der Waals surface area contributed by atoms with E-state index >= 15 is 0 Å². The lowest BCUT2D eigenvalue weighted by atomic mass is 10.5. The molecular weight excluding hydrogens is 350 g/mol. The second-order valence-corrected chi connectivity index (χ2v) is 4.89. The first-order chi connectivity index (χ1) is 12.4. The highest BCUT2D eigenvalue weighted by Crippen LogP contribution is 1.88. The van der Waals surface area contributed by atoms with E-state index in [1.165, 1.54) is 0 Å². The van der Waals surface area contributed by atoms with Crippen molar-refractivity contribution in [2.24, 2.45) is 0 Å². The maximum absolute atomic E-state index is 12.4. The third kappa shape index (κ3) is 5.37. The minimum atomic E-state index is -1.27. The van der Waals surface area contributed by atoms with Crippen LogP contribution in [0.2, 0.25) is 0 Å². The quantitative estimate of drug-likeness (QED) is 0.187. The number of esters is 1. The third-order valence-corrected chi connectivity index (χ3v) is 3.24. The van der Waals surface area contributed by atoms with Gasteiger partial charge in [0.2, 0.25) is 0 Å². The molecule has 1 aromatic rings. The van der Waals surface area contributed by atoms with Crippen molar-refractivity contribution in [3.63, 3.8) is 0 Å². The number of hydrogen-bond acceptors (Lipinski definition) is 8. The molecule has 11 heteroatoms. The molecule has 1 rings (SSSR count). The summed E-state index contributed by atoms with van der Waals surface area (Å²) in [6.45, 7) is 4.68. The Morgan fingerprint density at radius 3 is 1.96 bits per heavy atom. The van der Waals surface area contributed by atoms with Gasteiger partial charge in [-0.3, -0.25) is 0 Å². The van der Waals surface area contributed by atoms with E-state index in [1.54, 1.807) is 0 Å². The first-order valence-electron chi connectivity index (χ1n) is 7.64. The minimum absolute atomic E-state index is 0.203. The van der Waals surface area contributed by atoms with Crippen molar-refractivity contribution in [1.29, 1.82) is 0 Å². The van der Waals surface area contributed by atoms with Gasteiger partial charge in [-0.2, -0.15) is 0 Å². The fraction of sp³-hybridized carbons (Fsp3) is 0.467. The molecule has 1 aromatic heterocycles. The molecule has 26 heavy (non-hydrogen) atoms. The molecule has 0 saturated heterocycles.